The Morgan fingerprint density at radius 2 is 2.08 bits per heavy atom. The SMILES string of the molecule is Cn1cnnc1[C@H](c1cccc(N2Cc3c(CF)cc(CNC4(C)CCC4)cc3C2=O)c1)C1COC1. The second-order valence-electron chi connectivity index (χ2n) is 10.7. The van der Waals surface area contributed by atoms with Gasteiger partial charge in [-0.15, -0.1) is 10.2 Å². The van der Waals surface area contributed by atoms with Crippen LogP contribution in [0, 0.1) is 5.92 Å². The number of amides is 1. The molecular weight excluding hydrogens is 457 g/mol. The van der Waals surface area contributed by atoms with Crippen LogP contribution in [0.2, 0.25) is 0 Å². The van der Waals surface area contributed by atoms with E-state index in [1.807, 2.05) is 35.9 Å². The number of fused-ring (bicyclic) bond motifs is 1. The lowest BCUT2D eigenvalue weighted by molar-refractivity contribution is -0.0407. The van der Waals surface area contributed by atoms with Crippen LogP contribution in [0.1, 0.15) is 70.5 Å². The van der Waals surface area contributed by atoms with Crippen molar-refractivity contribution in [3.63, 3.8) is 0 Å². The van der Waals surface area contributed by atoms with E-state index < -0.39 is 6.67 Å². The summed E-state index contributed by atoms with van der Waals surface area (Å²) in [5.41, 5.74) is 5.02. The zero-order chi connectivity index (χ0) is 24.9. The van der Waals surface area contributed by atoms with Gasteiger partial charge in [0, 0.05) is 36.3 Å². The fourth-order valence-corrected chi connectivity index (χ4v) is 5.72. The summed E-state index contributed by atoms with van der Waals surface area (Å²) < 4.78 is 21.5. The highest BCUT2D eigenvalue weighted by Crippen LogP contribution is 2.38. The molecule has 1 amide bonds. The van der Waals surface area contributed by atoms with Crippen molar-refractivity contribution < 1.29 is 13.9 Å². The number of aryl methyl sites for hydroxylation is 1. The Labute approximate surface area is 210 Å². The Hall–Kier alpha value is -3.10. The highest BCUT2D eigenvalue weighted by molar-refractivity contribution is 6.10. The summed E-state index contributed by atoms with van der Waals surface area (Å²) in [6, 6.07) is 11.9. The number of anilines is 1. The van der Waals surface area contributed by atoms with Crippen LogP contribution in [0.15, 0.2) is 42.7 Å². The largest absolute Gasteiger partial charge is 0.381 e. The molecule has 7 nitrogen and oxygen atoms in total. The summed E-state index contributed by atoms with van der Waals surface area (Å²) in [5, 5.41) is 12.1. The van der Waals surface area contributed by atoms with Crippen molar-refractivity contribution >= 4 is 11.6 Å². The maximum absolute atomic E-state index is 14.1. The summed E-state index contributed by atoms with van der Waals surface area (Å²) in [7, 11) is 1.95. The first-order chi connectivity index (χ1) is 17.5. The van der Waals surface area contributed by atoms with Gasteiger partial charge in [-0.05, 0) is 66.6 Å². The molecule has 36 heavy (non-hydrogen) atoms. The Bertz CT molecular complexity index is 1300. The van der Waals surface area contributed by atoms with Gasteiger partial charge in [-0.25, -0.2) is 4.39 Å². The molecule has 1 saturated carbocycles. The molecule has 0 radical (unpaired) electrons. The Balaban J connectivity index is 1.29. The quantitative estimate of drug-likeness (QED) is 0.512. The number of rotatable bonds is 8. The molecule has 1 saturated heterocycles. The van der Waals surface area contributed by atoms with Crippen molar-refractivity contribution in [1.82, 2.24) is 20.1 Å². The van der Waals surface area contributed by atoms with Gasteiger partial charge in [0.1, 0.15) is 18.8 Å². The normalized spacial score (nSPS) is 19.6. The van der Waals surface area contributed by atoms with Crippen LogP contribution >= 0.6 is 0 Å². The molecule has 1 aromatic heterocycles. The van der Waals surface area contributed by atoms with E-state index >= 15 is 0 Å². The number of carbonyl (C=O) groups excluding carboxylic acids is 1. The average molecular weight is 490 g/mol. The number of hydrogen-bond donors (Lipinski definition) is 1. The second kappa shape index (κ2) is 9.09. The van der Waals surface area contributed by atoms with Crippen molar-refractivity contribution in [2.75, 3.05) is 18.1 Å². The van der Waals surface area contributed by atoms with E-state index in [1.165, 1.54) is 6.42 Å². The number of hydrogen-bond acceptors (Lipinski definition) is 5. The summed E-state index contributed by atoms with van der Waals surface area (Å²) in [5.74, 6) is 1.14. The highest BCUT2D eigenvalue weighted by Gasteiger charge is 2.36. The zero-order valence-electron chi connectivity index (χ0n) is 20.8. The second-order valence-corrected chi connectivity index (χ2v) is 10.7. The number of ether oxygens (including phenoxy) is 1. The van der Waals surface area contributed by atoms with Crippen molar-refractivity contribution in [3.8, 4) is 0 Å². The molecule has 0 unspecified atom stereocenters. The van der Waals surface area contributed by atoms with Gasteiger partial charge in [-0.1, -0.05) is 18.2 Å². The fourth-order valence-electron chi connectivity index (χ4n) is 5.72. The number of alkyl halides is 1. The molecule has 2 fully saturated rings. The first-order valence-corrected chi connectivity index (χ1v) is 12.7. The van der Waals surface area contributed by atoms with Crippen LogP contribution in [0.3, 0.4) is 0 Å². The fraction of sp³-hybridized carbons (Fsp3) is 0.464. The van der Waals surface area contributed by atoms with Gasteiger partial charge in [0.05, 0.1) is 25.7 Å². The van der Waals surface area contributed by atoms with Crippen LogP contribution in [0.4, 0.5) is 10.1 Å². The predicted octanol–water partition coefficient (Wildman–Crippen LogP) is 4.26. The van der Waals surface area contributed by atoms with Crippen LogP contribution in [0.5, 0.6) is 0 Å². The van der Waals surface area contributed by atoms with Crippen LogP contribution < -0.4 is 10.2 Å². The summed E-state index contributed by atoms with van der Waals surface area (Å²) in [4.78, 5) is 15.4. The molecule has 6 rings (SSSR count). The van der Waals surface area contributed by atoms with E-state index in [0.29, 0.717) is 43.3 Å². The molecular formula is C28H32FN5O2. The van der Waals surface area contributed by atoms with E-state index in [9.17, 15) is 9.18 Å². The lowest BCUT2D eigenvalue weighted by Crippen LogP contribution is -2.47. The van der Waals surface area contributed by atoms with E-state index in [2.05, 4.69) is 34.6 Å². The van der Waals surface area contributed by atoms with E-state index in [0.717, 1.165) is 41.0 Å². The first-order valence-electron chi connectivity index (χ1n) is 12.7. The standard InChI is InChI=1S/C28H32FN5O2/c1-28(7-4-8-28)30-13-18-9-20(12-29)24-14-34(27(35)23(24)10-18)22-6-3-5-19(11-22)25(21-15-36-16-21)26-32-31-17-33(26)2/h3,5-6,9-11,17,21,25,30H,4,7-8,12-16H2,1-2H3/t25-/m1/s1. The molecule has 3 heterocycles. The van der Waals surface area contributed by atoms with Crippen LogP contribution in [-0.4, -0.2) is 39.4 Å². The van der Waals surface area contributed by atoms with Crippen LogP contribution in [-0.2, 0) is 31.5 Å². The lowest BCUT2D eigenvalue weighted by Gasteiger charge is -2.39. The molecule has 3 aliphatic rings. The minimum atomic E-state index is -0.579. The zero-order valence-corrected chi connectivity index (χ0v) is 20.8. The first kappa shape index (κ1) is 23.3. The molecule has 1 aliphatic carbocycles. The van der Waals surface area contributed by atoms with Gasteiger partial charge in [-0.3, -0.25) is 4.79 Å². The predicted molar refractivity (Wildman–Crippen MR) is 134 cm³/mol. The van der Waals surface area contributed by atoms with Gasteiger partial charge in [0.25, 0.3) is 5.91 Å². The van der Waals surface area contributed by atoms with E-state index in [-0.39, 0.29) is 17.4 Å². The average Bonchev–Trinajstić information content (AvgIpc) is 3.41. The lowest BCUT2D eigenvalue weighted by atomic mass is 9.78. The minimum absolute atomic E-state index is 0.0261. The maximum atomic E-state index is 14.1. The number of nitrogens with zero attached hydrogens (tertiary/aromatic N) is 4. The van der Waals surface area contributed by atoms with E-state index in [4.69, 9.17) is 4.74 Å². The summed E-state index contributed by atoms with van der Waals surface area (Å²) in [6.45, 7) is 4.01. The molecule has 1 N–H and O–H groups in total. The molecule has 0 spiro atoms. The Kier molecular flexibility index (Phi) is 5.88. The van der Waals surface area contributed by atoms with Crippen molar-refractivity contribution in [2.24, 2.45) is 13.0 Å². The molecule has 2 aromatic carbocycles. The van der Waals surface area contributed by atoms with Crippen LogP contribution in [0.25, 0.3) is 0 Å². The molecule has 2 aliphatic heterocycles. The topological polar surface area (TPSA) is 72.3 Å². The smallest absolute Gasteiger partial charge is 0.258 e. The number of benzene rings is 2. The third kappa shape index (κ3) is 4.02. The Morgan fingerprint density at radius 3 is 2.72 bits per heavy atom. The highest BCUT2D eigenvalue weighted by atomic mass is 19.1. The van der Waals surface area contributed by atoms with Gasteiger partial charge >= 0.3 is 0 Å². The monoisotopic (exact) mass is 489 g/mol. The molecule has 0 bridgehead atoms. The van der Waals surface area contributed by atoms with E-state index in [1.54, 1.807) is 11.2 Å². The van der Waals surface area contributed by atoms with Gasteiger partial charge in [-0.2, -0.15) is 0 Å². The minimum Gasteiger partial charge on any atom is -0.381 e. The molecule has 3 aromatic rings. The summed E-state index contributed by atoms with van der Waals surface area (Å²) >= 11 is 0. The van der Waals surface area contributed by atoms with Crippen molar-refractivity contribution in [2.45, 2.75) is 57.4 Å². The number of aromatic nitrogens is 3. The van der Waals surface area contributed by atoms with Crippen molar-refractivity contribution in [1.29, 1.82) is 0 Å². The molecule has 8 heteroatoms. The van der Waals surface area contributed by atoms with Gasteiger partial charge < -0.3 is 19.5 Å². The summed E-state index contributed by atoms with van der Waals surface area (Å²) in [6.07, 6.45) is 5.25. The number of halogens is 1. The third-order valence-corrected chi connectivity index (χ3v) is 8.22. The van der Waals surface area contributed by atoms with Gasteiger partial charge in [0.15, 0.2) is 0 Å². The molecule has 1 atom stereocenters. The van der Waals surface area contributed by atoms with Crippen molar-refractivity contribution in [3.05, 3.63) is 76.4 Å². The van der Waals surface area contributed by atoms with Gasteiger partial charge in [0.2, 0.25) is 0 Å². The number of carbonyl (C=O) groups is 1. The third-order valence-electron chi connectivity index (χ3n) is 8.22. The molecule has 188 valence electrons. The number of nitrogens with one attached hydrogen (secondary N) is 1. The Morgan fingerprint density at radius 1 is 1.25 bits per heavy atom. The maximum Gasteiger partial charge on any atom is 0.258 e.